The molecule has 0 saturated heterocycles. The molecule has 18 heavy (non-hydrogen) atoms. The Labute approximate surface area is 113 Å². The van der Waals surface area contributed by atoms with Crippen molar-refractivity contribution in [2.75, 3.05) is 6.61 Å². The molecule has 1 aliphatic rings. The minimum atomic E-state index is -0.0706. The van der Waals surface area contributed by atoms with Gasteiger partial charge in [0.15, 0.2) is 0 Å². The highest BCUT2D eigenvalue weighted by atomic mass is 32.2. The van der Waals surface area contributed by atoms with Crippen LogP contribution in [-0.4, -0.2) is 33.5 Å². The van der Waals surface area contributed by atoms with Gasteiger partial charge in [-0.25, -0.2) is 0 Å². The number of thioether (sulfide) groups is 1. The summed E-state index contributed by atoms with van der Waals surface area (Å²) >= 11 is 1.90. The molecule has 1 saturated carbocycles. The fourth-order valence-electron chi connectivity index (χ4n) is 2.72. The zero-order valence-corrected chi connectivity index (χ0v) is 11.9. The Hall–Kier alpha value is -0.580. The van der Waals surface area contributed by atoms with E-state index in [-0.39, 0.29) is 12.1 Å². The van der Waals surface area contributed by atoms with Crippen molar-refractivity contribution in [1.29, 1.82) is 0 Å². The number of nitrogens with one attached hydrogen (secondary N) is 1. The Bertz CT molecular complexity index is 371. The highest BCUT2D eigenvalue weighted by molar-refractivity contribution is 8.00. The summed E-state index contributed by atoms with van der Waals surface area (Å²) in [5, 5.41) is 13.8. The minimum Gasteiger partial charge on any atom is -0.394 e. The second-order valence-electron chi connectivity index (χ2n) is 5.40. The summed E-state index contributed by atoms with van der Waals surface area (Å²) in [5.41, 5.74) is -0.0706. The third kappa shape index (κ3) is 3.46. The van der Waals surface area contributed by atoms with E-state index in [1.54, 1.807) is 0 Å². The second kappa shape index (κ2) is 6.04. The average Bonchev–Trinajstić information content (AvgIpc) is 2.73. The molecule has 1 aliphatic carbocycles. The van der Waals surface area contributed by atoms with E-state index >= 15 is 0 Å². The molecule has 0 radical (unpaired) electrons. The first-order valence-electron chi connectivity index (χ1n) is 6.59. The molecule has 0 bridgehead atoms. The molecule has 4 heteroatoms. The van der Waals surface area contributed by atoms with E-state index in [2.05, 4.69) is 36.3 Å². The van der Waals surface area contributed by atoms with Crippen LogP contribution in [-0.2, 0) is 0 Å². The van der Waals surface area contributed by atoms with Crippen molar-refractivity contribution in [2.24, 2.45) is 0 Å². The molecule has 2 unspecified atom stereocenters. The van der Waals surface area contributed by atoms with E-state index < -0.39 is 0 Å². The van der Waals surface area contributed by atoms with Crippen molar-refractivity contribution in [1.82, 2.24) is 10.3 Å². The van der Waals surface area contributed by atoms with E-state index in [1.807, 2.05) is 24.2 Å². The normalized spacial score (nSPS) is 27.9. The number of nitrogens with zero attached hydrogens (tertiary/aromatic N) is 1. The largest absolute Gasteiger partial charge is 0.394 e. The van der Waals surface area contributed by atoms with Crippen LogP contribution in [0.1, 0.15) is 33.1 Å². The molecule has 1 heterocycles. The van der Waals surface area contributed by atoms with Gasteiger partial charge in [-0.3, -0.25) is 4.98 Å². The molecule has 0 aliphatic heterocycles. The van der Waals surface area contributed by atoms with Crippen molar-refractivity contribution in [3.8, 4) is 0 Å². The van der Waals surface area contributed by atoms with Crippen molar-refractivity contribution >= 4 is 11.8 Å². The summed E-state index contributed by atoms with van der Waals surface area (Å²) in [6, 6.07) is 4.53. The zero-order chi connectivity index (χ0) is 13.0. The quantitative estimate of drug-likeness (QED) is 0.859. The number of pyridine rings is 1. The third-order valence-electron chi connectivity index (χ3n) is 3.41. The lowest BCUT2D eigenvalue weighted by molar-refractivity contribution is 0.156. The number of aliphatic hydroxyl groups is 1. The molecular weight excluding hydrogens is 244 g/mol. The topological polar surface area (TPSA) is 45.1 Å². The van der Waals surface area contributed by atoms with Gasteiger partial charge in [-0.05, 0) is 31.4 Å². The Morgan fingerprint density at radius 2 is 2.22 bits per heavy atom. The van der Waals surface area contributed by atoms with Crippen LogP contribution in [0.5, 0.6) is 0 Å². The Balaban J connectivity index is 1.94. The molecule has 100 valence electrons. The molecule has 1 fully saturated rings. The van der Waals surface area contributed by atoms with Gasteiger partial charge < -0.3 is 10.4 Å². The van der Waals surface area contributed by atoms with Crippen LogP contribution in [0.3, 0.4) is 0 Å². The van der Waals surface area contributed by atoms with Gasteiger partial charge in [-0.1, -0.05) is 13.8 Å². The summed E-state index contributed by atoms with van der Waals surface area (Å²) < 4.78 is 0. The lowest BCUT2D eigenvalue weighted by Gasteiger charge is -2.31. The van der Waals surface area contributed by atoms with E-state index in [0.717, 1.165) is 19.3 Å². The van der Waals surface area contributed by atoms with E-state index in [1.165, 1.54) is 4.90 Å². The fraction of sp³-hybridized carbons (Fsp3) is 0.643. The lowest BCUT2D eigenvalue weighted by Crippen LogP contribution is -2.49. The summed E-state index contributed by atoms with van der Waals surface area (Å²) in [5.74, 6) is 0. The number of rotatable bonds is 5. The lowest BCUT2D eigenvalue weighted by atomic mass is 9.98. The van der Waals surface area contributed by atoms with Crippen LogP contribution in [0.2, 0.25) is 0 Å². The summed E-state index contributed by atoms with van der Waals surface area (Å²) in [6.45, 7) is 4.51. The highest BCUT2D eigenvalue weighted by Crippen LogP contribution is 2.40. The monoisotopic (exact) mass is 266 g/mol. The van der Waals surface area contributed by atoms with Crippen LogP contribution in [0.15, 0.2) is 29.4 Å². The van der Waals surface area contributed by atoms with Gasteiger partial charge in [-0.15, -0.1) is 11.8 Å². The molecule has 0 aromatic carbocycles. The van der Waals surface area contributed by atoms with Gasteiger partial charge in [0, 0.05) is 34.1 Å². The molecule has 3 nitrogen and oxygen atoms in total. The SMILES string of the molecule is CC(C)NC1(CO)CCC(Sc2ccncc2)C1. The van der Waals surface area contributed by atoms with Crippen LogP contribution < -0.4 is 5.32 Å². The molecule has 0 amide bonds. The summed E-state index contributed by atoms with van der Waals surface area (Å²) in [6.07, 6.45) is 6.93. The predicted octanol–water partition coefficient (Wildman–Crippen LogP) is 2.46. The molecule has 2 rings (SSSR count). The number of aliphatic hydroxyl groups excluding tert-OH is 1. The zero-order valence-electron chi connectivity index (χ0n) is 11.1. The van der Waals surface area contributed by atoms with E-state index in [4.69, 9.17) is 0 Å². The summed E-state index contributed by atoms with van der Waals surface area (Å²) in [4.78, 5) is 5.31. The van der Waals surface area contributed by atoms with Crippen LogP contribution in [0.4, 0.5) is 0 Å². The average molecular weight is 266 g/mol. The molecule has 2 atom stereocenters. The maximum absolute atomic E-state index is 9.67. The molecule has 2 N–H and O–H groups in total. The Kier molecular flexibility index (Phi) is 4.65. The standard InChI is InChI=1S/C14H22N2OS/c1-11(2)16-14(10-17)6-3-13(9-14)18-12-4-7-15-8-5-12/h4-5,7-8,11,13,16-17H,3,6,9-10H2,1-2H3. The van der Waals surface area contributed by atoms with Gasteiger partial charge in [-0.2, -0.15) is 0 Å². The first kappa shape index (κ1) is 13.8. The third-order valence-corrected chi connectivity index (χ3v) is 4.69. The molecule has 0 spiro atoms. The predicted molar refractivity (Wildman–Crippen MR) is 75.8 cm³/mol. The van der Waals surface area contributed by atoms with Crippen LogP contribution >= 0.6 is 11.8 Å². The highest BCUT2D eigenvalue weighted by Gasteiger charge is 2.39. The van der Waals surface area contributed by atoms with Crippen LogP contribution in [0, 0.1) is 0 Å². The smallest absolute Gasteiger partial charge is 0.0613 e. The maximum Gasteiger partial charge on any atom is 0.0613 e. The van der Waals surface area contributed by atoms with Crippen molar-refractivity contribution in [3.05, 3.63) is 24.5 Å². The fourth-order valence-corrected chi connectivity index (χ4v) is 4.02. The van der Waals surface area contributed by atoms with Crippen molar-refractivity contribution in [3.63, 3.8) is 0 Å². The van der Waals surface area contributed by atoms with E-state index in [0.29, 0.717) is 11.3 Å². The first-order valence-corrected chi connectivity index (χ1v) is 7.47. The van der Waals surface area contributed by atoms with Gasteiger partial charge in [0.1, 0.15) is 0 Å². The number of aromatic nitrogens is 1. The van der Waals surface area contributed by atoms with Crippen LogP contribution in [0.25, 0.3) is 0 Å². The van der Waals surface area contributed by atoms with Crippen molar-refractivity contribution in [2.45, 2.75) is 54.8 Å². The number of hydrogen-bond donors (Lipinski definition) is 2. The van der Waals surface area contributed by atoms with Crippen molar-refractivity contribution < 1.29 is 5.11 Å². The minimum absolute atomic E-state index is 0.0706. The van der Waals surface area contributed by atoms with Gasteiger partial charge in [0.05, 0.1) is 6.61 Å². The number of hydrogen-bond acceptors (Lipinski definition) is 4. The second-order valence-corrected chi connectivity index (χ2v) is 6.78. The van der Waals surface area contributed by atoms with Gasteiger partial charge in [0.25, 0.3) is 0 Å². The molecular formula is C14H22N2OS. The van der Waals surface area contributed by atoms with Gasteiger partial charge in [0.2, 0.25) is 0 Å². The Morgan fingerprint density at radius 1 is 1.50 bits per heavy atom. The Morgan fingerprint density at radius 3 is 2.83 bits per heavy atom. The maximum atomic E-state index is 9.67. The van der Waals surface area contributed by atoms with E-state index in [9.17, 15) is 5.11 Å². The molecule has 1 aromatic rings. The van der Waals surface area contributed by atoms with Gasteiger partial charge >= 0.3 is 0 Å². The first-order chi connectivity index (χ1) is 8.63. The summed E-state index contributed by atoms with van der Waals surface area (Å²) in [7, 11) is 0. The molecule has 1 aromatic heterocycles.